The van der Waals surface area contributed by atoms with Crippen molar-refractivity contribution in [1.82, 2.24) is 9.29 Å². The van der Waals surface area contributed by atoms with Gasteiger partial charge >= 0.3 is 0 Å². The number of carbonyl (C=O) groups excluding carboxylic acids is 1. The summed E-state index contributed by atoms with van der Waals surface area (Å²) in [5.74, 6) is -0.0826. The SMILES string of the molecule is CCOC1(c2cn(S(=O)(=O)c3ccccc3)c3ccccc23)C(O)C(OCCCCCNC(C)=O)C(OCc2ccccc2)C(OCc2ccccc2)C1OCc1ccccc1. The van der Waals surface area contributed by atoms with Gasteiger partial charge in [0.25, 0.3) is 10.0 Å². The first kappa shape index (κ1) is 44.9. The van der Waals surface area contributed by atoms with Gasteiger partial charge in [-0.25, -0.2) is 12.4 Å². The normalized spacial score (nSPS) is 21.5. The molecule has 1 amide bonds. The molecule has 1 aliphatic carbocycles. The lowest BCUT2D eigenvalue weighted by molar-refractivity contribution is -0.321. The molecule has 1 heterocycles. The first-order chi connectivity index (χ1) is 30.2. The highest BCUT2D eigenvalue weighted by Gasteiger charge is 2.64. The Kier molecular flexibility index (Phi) is 15.4. The van der Waals surface area contributed by atoms with E-state index in [4.69, 9.17) is 23.7 Å². The highest BCUT2D eigenvalue weighted by atomic mass is 32.2. The van der Waals surface area contributed by atoms with Crippen molar-refractivity contribution in [3.05, 3.63) is 174 Å². The molecule has 11 nitrogen and oxygen atoms in total. The molecule has 62 heavy (non-hydrogen) atoms. The van der Waals surface area contributed by atoms with Crippen LogP contribution in [-0.4, -0.2) is 73.7 Å². The number of hydrogen-bond acceptors (Lipinski definition) is 9. The molecule has 12 heteroatoms. The maximum absolute atomic E-state index is 14.6. The zero-order valence-electron chi connectivity index (χ0n) is 35.3. The lowest BCUT2D eigenvalue weighted by Gasteiger charge is -2.55. The molecule has 6 unspecified atom stereocenters. The maximum Gasteiger partial charge on any atom is 0.268 e. The zero-order chi connectivity index (χ0) is 43.4. The Bertz CT molecular complexity index is 2420. The summed E-state index contributed by atoms with van der Waals surface area (Å²) in [5.41, 5.74) is 1.73. The summed E-state index contributed by atoms with van der Waals surface area (Å²) in [6.45, 7) is 4.71. The van der Waals surface area contributed by atoms with Crippen LogP contribution in [0.3, 0.4) is 0 Å². The van der Waals surface area contributed by atoms with Gasteiger partial charge in [-0.05, 0) is 61.1 Å². The number of aliphatic hydroxyl groups is 1. The third kappa shape index (κ3) is 10.2. The van der Waals surface area contributed by atoms with Gasteiger partial charge in [-0.15, -0.1) is 0 Å². The Morgan fingerprint density at radius 1 is 0.661 bits per heavy atom. The van der Waals surface area contributed by atoms with Crippen LogP contribution >= 0.6 is 0 Å². The van der Waals surface area contributed by atoms with Gasteiger partial charge in [-0.3, -0.25) is 4.79 Å². The number of nitrogens with one attached hydrogen (secondary N) is 1. The fraction of sp³-hybridized carbons (Fsp3) is 0.340. The van der Waals surface area contributed by atoms with Crippen molar-refractivity contribution < 1.29 is 42.0 Å². The third-order valence-electron chi connectivity index (χ3n) is 11.2. The summed E-state index contributed by atoms with van der Waals surface area (Å²) in [4.78, 5) is 11.6. The molecule has 2 N–H and O–H groups in total. The molecular weight excluding hydrogens is 805 g/mol. The second-order valence-corrected chi connectivity index (χ2v) is 17.3. The van der Waals surface area contributed by atoms with E-state index in [1.54, 1.807) is 48.7 Å². The second-order valence-electron chi connectivity index (χ2n) is 15.5. The van der Waals surface area contributed by atoms with Crippen LogP contribution in [-0.2, 0) is 63.9 Å². The van der Waals surface area contributed by atoms with Crippen LogP contribution in [0.2, 0.25) is 0 Å². The Hall–Kier alpha value is -5.18. The Morgan fingerprint density at radius 2 is 1.19 bits per heavy atom. The lowest BCUT2D eigenvalue weighted by Crippen LogP contribution is -2.71. The van der Waals surface area contributed by atoms with E-state index in [0.29, 0.717) is 29.4 Å². The monoisotopic (exact) mass is 860 g/mol. The van der Waals surface area contributed by atoms with Crippen molar-refractivity contribution in [2.24, 2.45) is 0 Å². The summed E-state index contributed by atoms with van der Waals surface area (Å²) in [6, 6.07) is 44.7. The molecule has 0 bridgehead atoms. The van der Waals surface area contributed by atoms with Crippen molar-refractivity contribution in [2.45, 2.75) is 93.9 Å². The number of aromatic nitrogens is 1. The van der Waals surface area contributed by atoms with Crippen LogP contribution < -0.4 is 5.32 Å². The Morgan fingerprint density at radius 3 is 1.77 bits per heavy atom. The Balaban J connectivity index is 1.40. The van der Waals surface area contributed by atoms with Crippen LogP contribution in [0.4, 0.5) is 0 Å². The zero-order valence-corrected chi connectivity index (χ0v) is 36.1. The van der Waals surface area contributed by atoms with Gasteiger partial charge in [-0.2, -0.15) is 0 Å². The van der Waals surface area contributed by atoms with Gasteiger partial charge in [0.15, 0.2) is 5.60 Å². The minimum absolute atomic E-state index is 0.0826. The van der Waals surface area contributed by atoms with Crippen molar-refractivity contribution in [3.8, 4) is 0 Å². The van der Waals surface area contributed by atoms with Gasteiger partial charge in [0.05, 0.1) is 30.2 Å². The molecular formula is C50H56N2O9S. The molecule has 0 radical (unpaired) electrons. The van der Waals surface area contributed by atoms with Crippen LogP contribution in [0, 0.1) is 0 Å². The molecule has 0 aliphatic heterocycles. The van der Waals surface area contributed by atoms with Crippen molar-refractivity contribution >= 4 is 26.8 Å². The molecule has 5 aromatic carbocycles. The number of nitrogens with zero attached hydrogens (tertiary/aromatic N) is 1. The largest absolute Gasteiger partial charge is 0.387 e. The fourth-order valence-electron chi connectivity index (χ4n) is 8.32. The maximum atomic E-state index is 14.6. The first-order valence-corrected chi connectivity index (χ1v) is 22.7. The molecule has 6 aromatic rings. The molecule has 1 aliphatic rings. The van der Waals surface area contributed by atoms with E-state index < -0.39 is 46.1 Å². The Labute approximate surface area is 364 Å². The average molecular weight is 861 g/mol. The number of ether oxygens (including phenoxy) is 5. The number of amides is 1. The summed E-state index contributed by atoms with van der Waals surface area (Å²) in [6.07, 6.45) is -1.74. The third-order valence-corrected chi connectivity index (χ3v) is 12.9. The van der Waals surface area contributed by atoms with Crippen molar-refractivity contribution in [3.63, 3.8) is 0 Å². The number of aliphatic hydroxyl groups excluding tert-OH is 1. The quantitative estimate of drug-likeness (QED) is 0.0693. The number of para-hydroxylation sites is 1. The van der Waals surface area contributed by atoms with E-state index in [1.165, 1.54) is 10.9 Å². The fourth-order valence-corrected chi connectivity index (χ4v) is 9.71. The molecule has 1 aromatic heterocycles. The summed E-state index contributed by atoms with van der Waals surface area (Å²) >= 11 is 0. The predicted molar refractivity (Wildman–Crippen MR) is 238 cm³/mol. The molecule has 1 saturated carbocycles. The van der Waals surface area contributed by atoms with E-state index in [2.05, 4.69) is 5.32 Å². The van der Waals surface area contributed by atoms with E-state index in [1.807, 2.05) is 110 Å². The number of rotatable bonds is 21. The van der Waals surface area contributed by atoms with Gasteiger partial charge in [0.2, 0.25) is 5.91 Å². The number of benzene rings is 5. The number of hydrogen-bond donors (Lipinski definition) is 2. The second kappa shape index (κ2) is 21.3. The molecule has 6 atom stereocenters. The smallest absolute Gasteiger partial charge is 0.268 e. The van der Waals surface area contributed by atoms with E-state index in [0.717, 1.165) is 29.5 Å². The number of carbonyl (C=O) groups is 1. The molecule has 0 saturated heterocycles. The standard InChI is InChI=1S/C50H56N2O9S/c1-3-61-50(43-33-52(44-30-18-17-29-42(43)44)62(55,56)41-27-15-7-16-28-41)48(54)46(57-32-20-8-19-31-51-37(2)53)45(58-34-38-21-9-4-10-22-38)47(59-35-39-23-11-5-12-24-39)49(50)60-36-40-25-13-6-14-26-40/h4-7,9-18,21-30,33,45-49,54H,3,8,19-20,31-32,34-36H2,1-2H3,(H,51,53). The highest BCUT2D eigenvalue weighted by Crippen LogP contribution is 2.49. The topological polar surface area (TPSA) is 135 Å². The van der Waals surface area contributed by atoms with E-state index >= 15 is 0 Å². The predicted octanol–water partition coefficient (Wildman–Crippen LogP) is 7.93. The number of unbranched alkanes of at least 4 members (excludes halogenated alkanes) is 2. The average Bonchev–Trinajstić information content (AvgIpc) is 3.71. The van der Waals surface area contributed by atoms with E-state index in [-0.39, 0.29) is 43.8 Å². The van der Waals surface area contributed by atoms with Crippen LogP contribution in [0.15, 0.2) is 157 Å². The highest BCUT2D eigenvalue weighted by molar-refractivity contribution is 7.90. The molecule has 7 rings (SSSR count). The number of fused-ring (bicyclic) bond motifs is 1. The molecule has 1 fully saturated rings. The van der Waals surface area contributed by atoms with Gasteiger partial charge < -0.3 is 34.1 Å². The lowest BCUT2D eigenvalue weighted by atomic mass is 9.70. The minimum atomic E-state index is -4.14. The molecule has 326 valence electrons. The van der Waals surface area contributed by atoms with Gasteiger partial charge in [0.1, 0.15) is 30.5 Å². The molecule has 0 spiro atoms. The van der Waals surface area contributed by atoms with E-state index in [9.17, 15) is 18.3 Å². The van der Waals surface area contributed by atoms with Gasteiger partial charge in [0, 0.05) is 43.8 Å². The van der Waals surface area contributed by atoms with Crippen molar-refractivity contribution in [1.29, 1.82) is 0 Å². The summed E-state index contributed by atoms with van der Waals surface area (Å²) in [7, 11) is -4.14. The van der Waals surface area contributed by atoms with Crippen LogP contribution in [0.5, 0.6) is 0 Å². The van der Waals surface area contributed by atoms with Crippen LogP contribution in [0.1, 0.15) is 55.4 Å². The van der Waals surface area contributed by atoms with Gasteiger partial charge in [-0.1, -0.05) is 127 Å². The van der Waals surface area contributed by atoms with Crippen LogP contribution in [0.25, 0.3) is 10.9 Å². The summed E-state index contributed by atoms with van der Waals surface area (Å²) < 4.78 is 65.1. The summed E-state index contributed by atoms with van der Waals surface area (Å²) in [5, 5.41) is 16.7. The van der Waals surface area contributed by atoms with Crippen molar-refractivity contribution in [2.75, 3.05) is 19.8 Å². The minimum Gasteiger partial charge on any atom is -0.387 e. The first-order valence-electron chi connectivity index (χ1n) is 21.3.